The molecule has 0 radical (unpaired) electrons. The molecule has 3 rings (SSSR count). The van der Waals surface area contributed by atoms with Crippen molar-refractivity contribution < 1.29 is 9.47 Å². The largest absolute Gasteiger partial charge is 0.497 e. The number of nitrogens with zero attached hydrogens (tertiary/aromatic N) is 3. The van der Waals surface area contributed by atoms with Crippen molar-refractivity contribution in [3.63, 3.8) is 0 Å². The third-order valence-electron chi connectivity index (χ3n) is 3.97. The molecule has 2 aromatic heterocycles. The van der Waals surface area contributed by atoms with E-state index in [1.165, 1.54) is 0 Å². The van der Waals surface area contributed by atoms with Gasteiger partial charge in [-0.25, -0.2) is 4.98 Å². The summed E-state index contributed by atoms with van der Waals surface area (Å²) in [6.07, 6.45) is 1.76. The van der Waals surface area contributed by atoms with Crippen LogP contribution in [0.25, 0.3) is 11.0 Å². The molecule has 0 unspecified atom stereocenters. The van der Waals surface area contributed by atoms with E-state index >= 15 is 0 Å². The van der Waals surface area contributed by atoms with Crippen LogP contribution in [0.5, 0.6) is 11.5 Å². The predicted octanol–water partition coefficient (Wildman–Crippen LogP) is 2.55. The van der Waals surface area contributed by atoms with Crippen molar-refractivity contribution in [1.82, 2.24) is 15.0 Å². The maximum Gasteiger partial charge on any atom is 0.224 e. The fraction of sp³-hybridized carbons (Fsp3) is 0.235. The van der Waals surface area contributed by atoms with Crippen molar-refractivity contribution in [2.45, 2.75) is 13.5 Å². The van der Waals surface area contributed by atoms with Gasteiger partial charge in [-0.1, -0.05) is 0 Å². The lowest BCUT2D eigenvalue weighted by Crippen LogP contribution is -2.07. The molecule has 0 amide bonds. The summed E-state index contributed by atoms with van der Waals surface area (Å²) in [6.45, 7) is 2.51. The Morgan fingerprint density at radius 2 is 1.69 bits per heavy atom. The van der Waals surface area contributed by atoms with Gasteiger partial charge in [0, 0.05) is 36.6 Å². The smallest absolute Gasteiger partial charge is 0.224 e. The molecule has 0 saturated carbocycles. The Hall–Kier alpha value is -3.00. The number of halogens is 1. The zero-order valence-corrected chi connectivity index (χ0v) is 15.6. The normalized spacial score (nSPS) is 10.3. The van der Waals surface area contributed by atoms with E-state index in [0.29, 0.717) is 29.5 Å². The molecule has 2 heterocycles. The van der Waals surface area contributed by atoms with Crippen molar-refractivity contribution in [2.24, 2.45) is 0 Å². The van der Waals surface area contributed by atoms with Crippen LogP contribution in [0.4, 0.5) is 17.5 Å². The maximum atomic E-state index is 5.99. The number of hydrogen-bond donors (Lipinski definition) is 3. The van der Waals surface area contributed by atoms with Crippen LogP contribution < -0.4 is 26.3 Å². The highest BCUT2D eigenvalue weighted by Crippen LogP contribution is 2.27. The number of aromatic nitrogens is 3. The Labute approximate surface area is 157 Å². The lowest BCUT2D eigenvalue weighted by Gasteiger charge is -2.13. The maximum absolute atomic E-state index is 5.99. The third-order valence-corrected chi connectivity index (χ3v) is 3.97. The second-order valence-corrected chi connectivity index (χ2v) is 5.53. The average molecular weight is 377 g/mol. The molecular formula is C17H21ClN6O2. The molecule has 0 aliphatic carbocycles. The number of aryl methyl sites for hydroxylation is 1. The van der Waals surface area contributed by atoms with E-state index in [1.54, 1.807) is 20.4 Å². The summed E-state index contributed by atoms with van der Waals surface area (Å²) in [5.74, 6) is 1.87. The number of nitrogen functional groups attached to an aromatic ring is 2. The Morgan fingerprint density at radius 1 is 1.04 bits per heavy atom. The molecule has 0 aliphatic rings. The van der Waals surface area contributed by atoms with Crippen LogP contribution >= 0.6 is 12.4 Å². The molecule has 1 aromatic carbocycles. The number of methoxy groups -OCH3 is 2. The first kappa shape index (κ1) is 19.3. The number of ether oxygens (including phenoxy) is 2. The van der Waals surface area contributed by atoms with Gasteiger partial charge in [0.2, 0.25) is 5.95 Å². The summed E-state index contributed by atoms with van der Waals surface area (Å²) in [6, 6.07) is 5.60. The average Bonchev–Trinajstić information content (AvgIpc) is 2.60. The quantitative estimate of drug-likeness (QED) is 0.621. The summed E-state index contributed by atoms with van der Waals surface area (Å²) in [5.41, 5.74) is 14.9. The molecule has 0 fully saturated rings. The number of anilines is 3. The van der Waals surface area contributed by atoms with Gasteiger partial charge in [-0.05, 0) is 18.1 Å². The number of benzene rings is 1. The Morgan fingerprint density at radius 3 is 2.31 bits per heavy atom. The Bertz CT molecular complexity index is 913. The van der Waals surface area contributed by atoms with Gasteiger partial charge in [0.25, 0.3) is 0 Å². The van der Waals surface area contributed by atoms with Gasteiger partial charge in [0.15, 0.2) is 5.65 Å². The minimum atomic E-state index is 0. The van der Waals surface area contributed by atoms with Gasteiger partial charge in [-0.15, -0.1) is 12.4 Å². The van der Waals surface area contributed by atoms with Crippen LogP contribution in [-0.2, 0) is 6.54 Å². The highest BCUT2D eigenvalue weighted by atomic mass is 35.5. The zero-order chi connectivity index (χ0) is 18.0. The molecule has 0 spiro atoms. The molecule has 8 nitrogen and oxygen atoms in total. The molecular weight excluding hydrogens is 356 g/mol. The first-order valence-electron chi connectivity index (χ1n) is 7.66. The fourth-order valence-electron chi connectivity index (χ4n) is 2.62. The standard InChI is InChI=1S/C17H20N6O2.ClH/c1-9-10(8-21-16-14(9)15(18)22-17(19)23-16)7-20-11-4-12(24-2)6-13(5-11)25-3;/h4-6,8,20H,7H2,1-3H3,(H4,18,19,21,22,23);1H. The second kappa shape index (κ2) is 7.92. The molecule has 0 saturated heterocycles. The number of rotatable bonds is 5. The second-order valence-electron chi connectivity index (χ2n) is 5.53. The summed E-state index contributed by atoms with van der Waals surface area (Å²) < 4.78 is 10.6. The number of hydrogen-bond acceptors (Lipinski definition) is 8. The SMILES string of the molecule is COc1cc(NCc2cnc3nc(N)nc(N)c3c2C)cc(OC)c1.Cl. The Balaban J connectivity index is 0.00000243. The molecule has 0 aliphatic heterocycles. The topological polar surface area (TPSA) is 121 Å². The van der Waals surface area contributed by atoms with Crippen LogP contribution in [-0.4, -0.2) is 29.2 Å². The van der Waals surface area contributed by atoms with Crippen LogP contribution in [0.15, 0.2) is 24.4 Å². The number of pyridine rings is 1. The lowest BCUT2D eigenvalue weighted by molar-refractivity contribution is 0.394. The van der Waals surface area contributed by atoms with Crippen molar-refractivity contribution >= 4 is 40.9 Å². The number of fused-ring (bicyclic) bond motifs is 1. The van der Waals surface area contributed by atoms with Crippen molar-refractivity contribution in [2.75, 3.05) is 31.0 Å². The molecule has 138 valence electrons. The zero-order valence-electron chi connectivity index (χ0n) is 14.7. The highest BCUT2D eigenvalue weighted by Gasteiger charge is 2.11. The summed E-state index contributed by atoms with van der Waals surface area (Å²) in [7, 11) is 3.23. The first-order chi connectivity index (χ1) is 12.0. The monoisotopic (exact) mass is 376 g/mol. The van der Waals surface area contributed by atoms with Gasteiger partial charge in [-0.2, -0.15) is 9.97 Å². The lowest BCUT2D eigenvalue weighted by atomic mass is 10.1. The first-order valence-corrected chi connectivity index (χ1v) is 7.66. The third kappa shape index (κ3) is 3.80. The van der Waals surface area contributed by atoms with Crippen LogP contribution in [0.1, 0.15) is 11.1 Å². The fourth-order valence-corrected chi connectivity index (χ4v) is 2.62. The minimum Gasteiger partial charge on any atom is -0.497 e. The van der Waals surface area contributed by atoms with Gasteiger partial charge in [0.05, 0.1) is 19.6 Å². The summed E-state index contributed by atoms with van der Waals surface area (Å²) in [4.78, 5) is 12.5. The molecule has 5 N–H and O–H groups in total. The van der Waals surface area contributed by atoms with E-state index in [0.717, 1.165) is 22.2 Å². The van der Waals surface area contributed by atoms with Gasteiger partial charge in [0.1, 0.15) is 17.3 Å². The van der Waals surface area contributed by atoms with Crippen LogP contribution in [0.2, 0.25) is 0 Å². The van der Waals surface area contributed by atoms with Gasteiger partial charge in [-0.3, -0.25) is 0 Å². The van der Waals surface area contributed by atoms with E-state index in [9.17, 15) is 0 Å². The van der Waals surface area contributed by atoms with Gasteiger partial charge < -0.3 is 26.3 Å². The van der Waals surface area contributed by atoms with Crippen molar-refractivity contribution in [3.8, 4) is 11.5 Å². The summed E-state index contributed by atoms with van der Waals surface area (Å²) >= 11 is 0. The van der Waals surface area contributed by atoms with E-state index in [-0.39, 0.29) is 18.4 Å². The molecule has 0 bridgehead atoms. The number of nitrogens with one attached hydrogen (secondary N) is 1. The minimum absolute atomic E-state index is 0. The van der Waals surface area contributed by atoms with Crippen LogP contribution in [0.3, 0.4) is 0 Å². The van der Waals surface area contributed by atoms with Crippen molar-refractivity contribution in [3.05, 3.63) is 35.5 Å². The molecule has 9 heteroatoms. The molecule has 26 heavy (non-hydrogen) atoms. The number of nitrogens with two attached hydrogens (primary N) is 2. The van der Waals surface area contributed by atoms with Crippen molar-refractivity contribution in [1.29, 1.82) is 0 Å². The van der Waals surface area contributed by atoms with E-state index in [4.69, 9.17) is 20.9 Å². The van der Waals surface area contributed by atoms with E-state index in [1.807, 2.05) is 25.1 Å². The van der Waals surface area contributed by atoms with Crippen LogP contribution in [0, 0.1) is 6.92 Å². The van der Waals surface area contributed by atoms with E-state index in [2.05, 4.69) is 20.3 Å². The molecule has 3 aromatic rings. The highest BCUT2D eigenvalue weighted by molar-refractivity contribution is 5.90. The molecule has 0 atom stereocenters. The van der Waals surface area contributed by atoms with Gasteiger partial charge >= 0.3 is 0 Å². The Kier molecular flexibility index (Phi) is 5.89. The summed E-state index contributed by atoms with van der Waals surface area (Å²) in [5, 5.41) is 4.06. The predicted molar refractivity (Wildman–Crippen MR) is 105 cm³/mol. The van der Waals surface area contributed by atoms with E-state index < -0.39 is 0 Å².